The molecule has 4 heterocycles. The number of rotatable bonds is 5. The first kappa shape index (κ1) is 19.9. The van der Waals surface area contributed by atoms with Crippen LogP contribution >= 0.6 is 0 Å². The molecule has 0 radical (unpaired) electrons. The molecule has 5 rings (SSSR count). The van der Waals surface area contributed by atoms with E-state index in [-0.39, 0.29) is 5.91 Å². The predicted octanol–water partition coefficient (Wildman–Crippen LogP) is 3.75. The maximum atomic E-state index is 12.5. The number of benzene rings is 1. The van der Waals surface area contributed by atoms with Gasteiger partial charge in [0.2, 0.25) is 11.7 Å². The molecule has 1 amide bonds. The van der Waals surface area contributed by atoms with Crippen molar-refractivity contribution in [3.05, 3.63) is 65.7 Å². The zero-order valence-electron chi connectivity index (χ0n) is 17.6. The third-order valence-electron chi connectivity index (χ3n) is 6.27. The topological polar surface area (TPSA) is 75.4 Å². The van der Waals surface area contributed by atoms with Crippen molar-refractivity contribution in [2.45, 2.75) is 38.1 Å². The first-order valence-electron chi connectivity index (χ1n) is 11.1. The number of amides is 1. The Labute approximate surface area is 182 Å². The van der Waals surface area contributed by atoms with Gasteiger partial charge in [-0.15, -0.1) is 0 Å². The summed E-state index contributed by atoms with van der Waals surface area (Å²) in [6, 6.07) is 13.8. The largest absolute Gasteiger partial charge is 0.339 e. The molecule has 7 nitrogen and oxygen atoms in total. The van der Waals surface area contributed by atoms with Crippen molar-refractivity contribution in [1.29, 1.82) is 0 Å². The number of hydrogen-bond acceptors (Lipinski definition) is 6. The minimum absolute atomic E-state index is 0.162. The monoisotopic (exact) mass is 417 g/mol. The molecule has 3 aromatic rings. The van der Waals surface area contributed by atoms with Crippen LogP contribution in [0.1, 0.15) is 53.4 Å². The van der Waals surface area contributed by atoms with E-state index in [1.807, 2.05) is 35.2 Å². The van der Waals surface area contributed by atoms with Crippen molar-refractivity contribution in [1.82, 2.24) is 24.9 Å². The van der Waals surface area contributed by atoms with Gasteiger partial charge in [0.1, 0.15) is 5.69 Å². The molecule has 2 aliphatic heterocycles. The lowest BCUT2D eigenvalue weighted by molar-refractivity contribution is 0.0793. The normalized spacial score (nSPS) is 17.9. The van der Waals surface area contributed by atoms with E-state index in [1.54, 1.807) is 6.20 Å². The molecule has 160 valence electrons. The molecule has 1 aromatic carbocycles. The second kappa shape index (κ2) is 8.98. The molecular formula is C24H27N5O2. The lowest BCUT2D eigenvalue weighted by Crippen LogP contribution is -2.32. The standard InChI is InChI=1S/C24H27N5O2/c30-24(29-13-3-4-14-29)20-8-6-18(7-9-20)17-28-15-10-19(11-16-28)23-26-22(27-31-23)21-5-1-2-12-25-21/h1-2,5-9,12,19H,3-4,10-11,13-17H2. The minimum atomic E-state index is 0.162. The molecule has 0 saturated carbocycles. The van der Waals surface area contributed by atoms with Gasteiger partial charge in [-0.3, -0.25) is 14.7 Å². The Hall–Kier alpha value is -3.06. The molecule has 0 N–H and O–H groups in total. The number of piperidine rings is 1. The van der Waals surface area contributed by atoms with E-state index < -0.39 is 0 Å². The maximum Gasteiger partial charge on any atom is 0.253 e. The zero-order chi connectivity index (χ0) is 21.0. The lowest BCUT2D eigenvalue weighted by atomic mass is 9.96. The molecule has 2 saturated heterocycles. The van der Waals surface area contributed by atoms with E-state index in [9.17, 15) is 4.79 Å². The molecule has 0 spiro atoms. The van der Waals surface area contributed by atoms with Gasteiger partial charge in [0.25, 0.3) is 5.91 Å². The van der Waals surface area contributed by atoms with Gasteiger partial charge >= 0.3 is 0 Å². The number of carbonyl (C=O) groups excluding carboxylic acids is 1. The van der Waals surface area contributed by atoms with Crippen LogP contribution in [-0.4, -0.2) is 57.0 Å². The number of pyridine rings is 1. The van der Waals surface area contributed by atoms with Crippen molar-refractivity contribution in [3.8, 4) is 11.5 Å². The number of aromatic nitrogens is 3. The van der Waals surface area contributed by atoms with Crippen molar-refractivity contribution in [2.24, 2.45) is 0 Å². The van der Waals surface area contributed by atoms with Crippen LogP contribution in [0.2, 0.25) is 0 Å². The van der Waals surface area contributed by atoms with Crippen LogP contribution in [0.3, 0.4) is 0 Å². The van der Waals surface area contributed by atoms with E-state index >= 15 is 0 Å². The number of nitrogens with zero attached hydrogens (tertiary/aromatic N) is 5. The first-order chi connectivity index (χ1) is 15.3. The lowest BCUT2D eigenvalue weighted by Gasteiger charge is -2.30. The smallest absolute Gasteiger partial charge is 0.253 e. The van der Waals surface area contributed by atoms with E-state index in [0.29, 0.717) is 17.6 Å². The second-order valence-electron chi connectivity index (χ2n) is 8.42. The third-order valence-corrected chi connectivity index (χ3v) is 6.27. The van der Waals surface area contributed by atoms with Crippen LogP contribution in [0, 0.1) is 0 Å². The Balaban J connectivity index is 1.14. The molecule has 2 aromatic heterocycles. The molecule has 0 unspecified atom stereocenters. The van der Waals surface area contributed by atoms with Crippen molar-refractivity contribution in [3.63, 3.8) is 0 Å². The van der Waals surface area contributed by atoms with Crippen molar-refractivity contribution in [2.75, 3.05) is 26.2 Å². The minimum Gasteiger partial charge on any atom is -0.339 e. The summed E-state index contributed by atoms with van der Waals surface area (Å²) < 4.78 is 5.53. The predicted molar refractivity (Wildman–Crippen MR) is 116 cm³/mol. The summed E-state index contributed by atoms with van der Waals surface area (Å²) in [4.78, 5) is 25.8. The molecule has 2 aliphatic rings. The second-order valence-corrected chi connectivity index (χ2v) is 8.42. The Morgan fingerprint density at radius 2 is 1.77 bits per heavy atom. The van der Waals surface area contributed by atoms with Crippen molar-refractivity contribution < 1.29 is 9.32 Å². The quantitative estimate of drug-likeness (QED) is 0.629. The van der Waals surface area contributed by atoms with Crippen LogP contribution in [0.5, 0.6) is 0 Å². The Morgan fingerprint density at radius 3 is 2.48 bits per heavy atom. The highest BCUT2D eigenvalue weighted by atomic mass is 16.5. The fourth-order valence-electron chi connectivity index (χ4n) is 4.45. The molecule has 31 heavy (non-hydrogen) atoms. The molecule has 0 aliphatic carbocycles. The van der Waals surface area contributed by atoms with Gasteiger partial charge in [-0.2, -0.15) is 4.98 Å². The zero-order valence-corrected chi connectivity index (χ0v) is 17.6. The molecule has 0 bridgehead atoms. The van der Waals surface area contributed by atoms with Crippen molar-refractivity contribution >= 4 is 5.91 Å². The summed E-state index contributed by atoms with van der Waals surface area (Å²) in [5.41, 5.74) is 2.78. The average Bonchev–Trinajstić information content (AvgIpc) is 3.53. The number of carbonyl (C=O) groups is 1. The third kappa shape index (κ3) is 4.51. The maximum absolute atomic E-state index is 12.5. The highest BCUT2D eigenvalue weighted by Crippen LogP contribution is 2.29. The van der Waals surface area contributed by atoms with Gasteiger partial charge in [0, 0.05) is 37.3 Å². The summed E-state index contributed by atoms with van der Waals surface area (Å²) >= 11 is 0. The fourth-order valence-corrected chi connectivity index (χ4v) is 4.45. The molecule has 0 atom stereocenters. The van der Waals surface area contributed by atoms with E-state index in [2.05, 4.69) is 32.2 Å². The molecule has 7 heteroatoms. The summed E-state index contributed by atoms with van der Waals surface area (Å²) in [5.74, 6) is 1.72. The van der Waals surface area contributed by atoms with Crippen LogP contribution in [0.25, 0.3) is 11.5 Å². The average molecular weight is 418 g/mol. The molecule has 2 fully saturated rings. The van der Waals surface area contributed by atoms with Gasteiger partial charge in [0.05, 0.1) is 0 Å². The summed E-state index contributed by atoms with van der Waals surface area (Å²) in [6.07, 6.45) is 5.96. The highest BCUT2D eigenvalue weighted by Gasteiger charge is 2.26. The van der Waals surface area contributed by atoms with E-state index in [1.165, 1.54) is 5.56 Å². The van der Waals surface area contributed by atoms with Gasteiger partial charge < -0.3 is 9.42 Å². The highest BCUT2D eigenvalue weighted by molar-refractivity contribution is 5.94. The SMILES string of the molecule is O=C(c1ccc(CN2CCC(c3nc(-c4ccccn4)no3)CC2)cc1)N1CCCC1. The Bertz CT molecular complexity index is 1000. The summed E-state index contributed by atoms with van der Waals surface area (Å²) in [7, 11) is 0. The van der Waals surface area contributed by atoms with Gasteiger partial charge in [-0.1, -0.05) is 23.4 Å². The van der Waals surface area contributed by atoms with Gasteiger partial charge in [0.15, 0.2) is 0 Å². The Kier molecular flexibility index (Phi) is 5.76. The summed E-state index contributed by atoms with van der Waals surface area (Å²) in [5, 5.41) is 4.11. The van der Waals surface area contributed by atoms with Crippen LogP contribution in [-0.2, 0) is 6.54 Å². The summed E-state index contributed by atoms with van der Waals surface area (Å²) in [6.45, 7) is 4.65. The molecular weight excluding hydrogens is 390 g/mol. The van der Waals surface area contributed by atoms with Gasteiger partial charge in [-0.25, -0.2) is 0 Å². The van der Waals surface area contributed by atoms with Crippen LogP contribution < -0.4 is 0 Å². The van der Waals surface area contributed by atoms with E-state index in [0.717, 1.165) is 69.7 Å². The Morgan fingerprint density at radius 1 is 1.00 bits per heavy atom. The number of likely N-dealkylation sites (tertiary alicyclic amines) is 2. The number of hydrogen-bond donors (Lipinski definition) is 0. The van der Waals surface area contributed by atoms with Crippen LogP contribution in [0.4, 0.5) is 0 Å². The van der Waals surface area contributed by atoms with Gasteiger partial charge in [-0.05, 0) is 68.6 Å². The van der Waals surface area contributed by atoms with E-state index in [4.69, 9.17) is 4.52 Å². The first-order valence-corrected chi connectivity index (χ1v) is 11.1. The fraction of sp³-hybridized carbons (Fsp3) is 0.417. The van der Waals surface area contributed by atoms with Crippen LogP contribution in [0.15, 0.2) is 53.2 Å².